The molecule has 30 heavy (non-hydrogen) atoms. The number of hydrogen-bond acceptors (Lipinski definition) is 5. The third kappa shape index (κ3) is 6.18. The van der Waals surface area contributed by atoms with Gasteiger partial charge in [0.05, 0.1) is 11.8 Å². The number of aryl methyl sites for hydroxylation is 1. The van der Waals surface area contributed by atoms with Crippen molar-refractivity contribution >= 4 is 29.7 Å². The van der Waals surface area contributed by atoms with Gasteiger partial charge < -0.3 is 9.47 Å². The molecule has 0 unspecified atom stereocenters. The monoisotopic (exact) mass is 422 g/mol. The summed E-state index contributed by atoms with van der Waals surface area (Å²) in [4.78, 5) is 24.2. The molecule has 0 fully saturated rings. The van der Waals surface area contributed by atoms with Crippen molar-refractivity contribution in [2.24, 2.45) is 5.10 Å². The van der Waals surface area contributed by atoms with Gasteiger partial charge in [-0.3, -0.25) is 4.79 Å². The van der Waals surface area contributed by atoms with Crippen molar-refractivity contribution in [3.8, 4) is 11.5 Å². The van der Waals surface area contributed by atoms with Gasteiger partial charge in [0, 0.05) is 10.6 Å². The van der Waals surface area contributed by atoms with Crippen molar-refractivity contribution in [2.45, 2.75) is 6.92 Å². The Morgan fingerprint density at radius 1 is 1.00 bits per heavy atom. The first-order valence-electron chi connectivity index (χ1n) is 9.09. The van der Waals surface area contributed by atoms with Crippen LogP contribution < -0.4 is 14.9 Å². The van der Waals surface area contributed by atoms with Crippen LogP contribution in [0.25, 0.3) is 0 Å². The lowest BCUT2D eigenvalue weighted by Gasteiger charge is -2.07. The first-order valence-corrected chi connectivity index (χ1v) is 9.47. The highest BCUT2D eigenvalue weighted by molar-refractivity contribution is 6.30. The van der Waals surface area contributed by atoms with Crippen molar-refractivity contribution < 1.29 is 19.1 Å². The van der Waals surface area contributed by atoms with Crippen molar-refractivity contribution in [1.29, 1.82) is 0 Å². The second-order valence-corrected chi connectivity index (χ2v) is 6.77. The van der Waals surface area contributed by atoms with E-state index in [1.165, 1.54) is 6.21 Å². The Morgan fingerprint density at radius 3 is 2.43 bits per heavy atom. The van der Waals surface area contributed by atoms with Gasteiger partial charge in [-0.1, -0.05) is 41.4 Å². The number of carbonyl (C=O) groups excluding carboxylic acids is 2. The number of hydrazone groups is 1. The number of rotatable bonds is 7. The average Bonchev–Trinajstić information content (AvgIpc) is 2.75. The summed E-state index contributed by atoms with van der Waals surface area (Å²) in [5.74, 6) is -0.0314. The van der Waals surface area contributed by atoms with Crippen LogP contribution in [0.3, 0.4) is 0 Å². The Hall–Kier alpha value is -3.64. The molecule has 0 aromatic heterocycles. The molecule has 0 bridgehead atoms. The maximum atomic E-state index is 12.3. The van der Waals surface area contributed by atoms with Gasteiger partial charge in [-0.15, -0.1) is 0 Å². The summed E-state index contributed by atoms with van der Waals surface area (Å²) in [5, 5.41) is 4.44. The molecule has 0 heterocycles. The predicted octanol–water partition coefficient (Wildman–Crippen LogP) is 4.40. The average molecular weight is 423 g/mol. The topological polar surface area (TPSA) is 77.0 Å². The van der Waals surface area contributed by atoms with Gasteiger partial charge in [-0.2, -0.15) is 5.10 Å². The maximum absolute atomic E-state index is 12.3. The minimum atomic E-state index is -0.525. The zero-order chi connectivity index (χ0) is 21.3. The van der Waals surface area contributed by atoms with Crippen LogP contribution in [0.5, 0.6) is 11.5 Å². The van der Waals surface area contributed by atoms with E-state index >= 15 is 0 Å². The Balaban J connectivity index is 1.56. The molecule has 0 aliphatic heterocycles. The Morgan fingerprint density at radius 2 is 1.70 bits per heavy atom. The van der Waals surface area contributed by atoms with Gasteiger partial charge in [0.15, 0.2) is 6.61 Å². The van der Waals surface area contributed by atoms with E-state index < -0.39 is 11.9 Å². The number of hydrogen-bond donors (Lipinski definition) is 1. The highest BCUT2D eigenvalue weighted by atomic mass is 35.5. The summed E-state index contributed by atoms with van der Waals surface area (Å²) in [5.41, 5.74) is 4.38. The van der Waals surface area contributed by atoms with E-state index in [4.69, 9.17) is 21.1 Å². The molecule has 3 rings (SSSR count). The van der Waals surface area contributed by atoms with E-state index in [1.807, 2.05) is 19.1 Å². The fourth-order valence-electron chi connectivity index (χ4n) is 2.41. The van der Waals surface area contributed by atoms with Gasteiger partial charge in [-0.25, -0.2) is 10.2 Å². The summed E-state index contributed by atoms with van der Waals surface area (Å²) in [6, 6.07) is 20.6. The van der Waals surface area contributed by atoms with Crippen molar-refractivity contribution in [3.05, 3.63) is 94.5 Å². The molecule has 0 aliphatic carbocycles. The molecule has 6 nitrogen and oxygen atoms in total. The number of ether oxygens (including phenoxy) is 2. The minimum Gasteiger partial charge on any atom is -0.484 e. The minimum absolute atomic E-state index is 0.173. The summed E-state index contributed by atoms with van der Waals surface area (Å²) >= 11 is 5.84. The molecular weight excluding hydrogens is 404 g/mol. The molecule has 0 atom stereocenters. The second kappa shape index (κ2) is 10.2. The molecule has 0 radical (unpaired) electrons. The Labute approximate surface area is 179 Å². The number of esters is 1. The SMILES string of the molecule is Cc1ccc(OCC(=O)NN=Cc2ccccc2OC(=O)c2ccc(Cl)cc2)cc1. The van der Waals surface area contributed by atoms with Gasteiger partial charge >= 0.3 is 5.97 Å². The van der Waals surface area contributed by atoms with Gasteiger partial charge in [0.2, 0.25) is 0 Å². The fourth-order valence-corrected chi connectivity index (χ4v) is 2.54. The van der Waals surface area contributed by atoms with Crippen molar-refractivity contribution in [3.63, 3.8) is 0 Å². The molecule has 3 aromatic carbocycles. The lowest BCUT2D eigenvalue weighted by Crippen LogP contribution is -2.24. The summed E-state index contributed by atoms with van der Waals surface area (Å²) in [6.45, 7) is 1.80. The highest BCUT2D eigenvalue weighted by Crippen LogP contribution is 2.18. The lowest BCUT2D eigenvalue weighted by atomic mass is 10.2. The first-order chi connectivity index (χ1) is 14.5. The Bertz CT molecular complexity index is 1050. The molecule has 1 N–H and O–H groups in total. The number of para-hydroxylation sites is 1. The zero-order valence-corrected chi connectivity index (χ0v) is 16.9. The number of nitrogens with zero attached hydrogens (tertiary/aromatic N) is 1. The third-order valence-electron chi connectivity index (χ3n) is 3.99. The summed E-state index contributed by atoms with van der Waals surface area (Å²) < 4.78 is 10.8. The van der Waals surface area contributed by atoms with Gasteiger partial charge in [0.25, 0.3) is 5.91 Å². The molecular formula is C23H19ClN2O4. The lowest BCUT2D eigenvalue weighted by molar-refractivity contribution is -0.123. The number of amides is 1. The number of nitrogens with one attached hydrogen (secondary N) is 1. The molecule has 7 heteroatoms. The standard InChI is InChI=1S/C23H19ClN2O4/c1-16-6-12-20(13-7-16)29-15-22(27)26-25-14-18-4-2-3-5-21(18)30-23(28)17-8-10-19(24)11-9-17/h2-14H,15H2,1H3,(H,26,27). The summed E-state index contributed by atoms with van der Waals surface area (Å²) in [7, 11) is 0. The zero-order valence-electron chi connectivity index (χ0n) is 16.2. The molecule has 0 saturated heterocycles. The largest absolute Gasteiger partial charge is 0.484 e. The second-order valence-electron chi connectivity index (χ2n) is 6.33. The van der Waals surface area contributed by atoms with Crippen LogP contribution in [0, 0.1) is 6.92 Å². The van der Waals surface area contributed by atoms with Crippen LogP contribution in [-0.2, 0) is 4.79 Å². The van der Waals surface area contributed by atoms with Crippen LogP contribution in [0.15, 0.2) is 77.9 Å². The van der Waals surface area contributed by atoms with E-state index in [9.17, 15) is 9.59 Å². The Kier molecular flexibility index (Phi) is 7.19. The van der Waals surface area contributed by atoms with Crippen molar-refractivity contribution in [1.82, 2.24) is 5.43 Å². The van der Waals surface area contributed by atoms with Crippen LogP contribution in [0.2, 0.25) is 5.02 Å². The molecule has 0 spiro atoms. The van der Waals surface area contributed by atoms with E-state index in [0.717, 1.165) is 5.56 Å². The predicted molar refractivity (Wildman–Crippen MR) is 115 cm³/mol. The maximum Gasteiger partial charge on any atom is 0.343 e. The number of benzene rings is 3. The van der Waals surface area contributed by atoms with Crippen LogP contribution in [-0.4, -0.2) is 24.7 Å². The summed E-state index contributed by atoms with van der Waals surface area (Å²) in [6.07, 6.45) is 1.40. The highest BCUT2D eigenvalue weighted by Gasteiger charge is 2.11. The first kappa shape index (κ1) is 21.1. The quantitative estimate of drug-likeness (QED) is 0.265. The van der Waals surface area contributed by atoms with Crippen LogP contribution >= 0.6 is 11.6 Å². The number of carbonyl (C=O) groups is 2. The molecule has 0 saturated carbocycles. The van der Waals surface area contributed by atoms with E-state index in [-0.39, 0.29) is 6.61 Å². The van der Waals surface area contributed by atoms with E-state index in [0.29, 0.717) is 27.6 Å². The van der Waals surface area contributed by atoms with E-state index in [1.54, 1.807) is 60.7 Å². The van der Waals surface area contributed by atoms with Gasteiger partial charge in [-0.05, 0) is 55.5 Å². The number of halogens is 1. The smallest absolute Gasteiger partial charge is 0.343 e. The van der Waals surface area contributed by atoms with Crippen molar-refractivity contribution in [2.75, 3.05) is 6.61 Å². The van der Waals surface area contributed by atoms with Gasteiger partial charge in [0.1, 0.15) is 11.5 Å². The molecule has 3 aromatic rings. The molecule has 1 amide bonds. The van der Waals surface area contributed by atoms with E-state index in [2.05, 4.69) is 10.5 Å². The fraction of sp³-hybridized carbons (Fsp3) is 0.0870. The third-order valence-corrected chi connectivity index (χ3v) is 4.24. The molecule has 152 valence electrons. The van der Waals surface area contributed by atoms with Crippen LogP contribution in [0.4, 0.5) is 0 Å². The van der Waals surface area contributed by atoms with Crippen LogP contribution in [0.1, 0.15) is 21.5 Å². The normalized spacial score (nSPS) is 10.6. The molecule has 0 aliphatic rings.